The van der Waals surface area contributed by atoms with Gasteiger partial charge >= 0.3 is 6.03 Å². The molecule has 1 spiro atoms. The van der Waals surface area contributed by atoms with E-state index in [2.05, 4.69) is 44.0 Å². The van der Waals surface area contributed by atoms with E-state index in [-0.39, 0.29) is 11.9 Å². The van der Waals surface area contributed by atoms with Crippen molar-refractivity contribution in [2.45, 2.75) is 32.2 Å². The Bertz CT molecular complexity index is 823. The number of piperidine rings is 1. The number of carbonyl (C=O) groups is 2. The van der Waals surface area contributed by atoms with Crippen molar-refractivity contribution in [1.29, 1.82) is 0 Å². The van der Waals surface area contributed by atoms with Crippen LogP contribution >= 0.6 is 0 Å². The Morgan fingerprint density at radius 3 is 2.68 bits per heavy atom. The van der Waals surface area contributed by atoms with Crippen LogP contribution in [0.4, 0.5) is 10.6 Å². The second-order valence-corrected chi connectivity index (χ2v) is 7.08. The lowest BCUT2D eigenvalue weighted by molar-refractivity contribution is -0.127. The summed E-state index contributed by atoms with van der Waals surface area (Å²) in [6, 6.07) is -0.273. The second kappa shape index (κ2) is 5.68. The number of H-pyrrole nitrogens is 1. The van der Waals surface area contributed by atoms with Gasteiger partial charge in [-0.25, -0.2) is 19.7 Å². The van der Waals surface area contributed by atoms with E-state index in [0.717, 1.165) is 11.3 Å². The van der Waals surface area contributed by atoms with Crippen LogP contribution < -0.4 is 10.2 Å². The maximum atomic E-state index is 12.5. The zero-order chi connectivity index (χ0) is 17.6. The number of aromatic nitrogens is 4. The fourth-order valence-electron chi connectivity index (χ4n) is 3.80. The minimum absolute atomic E-state index is 0.174. The Labute approximate surface area is 144 Å². The molecule has 2 N–H and O–H groups in total. The summed E-state index contributed by atoms with van der Waals surface area (Å²) in [5.41, 5.74) is 0.683. The highest BCUT2D eigenvalue weighted by atomic mass is 16.2. The number of fused-ring (bicyclic) bond motifs is 1. The number of amides is 3. The van der Waals surface area contributed by atoms with Gasteiger partial charge in [0.1, 0.15) is 17.4 Å². The van der Waals surface area contributed by atoms with Crippen molar-refractivity contribution in [3.63, 3.8) is 0 Å². The SMILES string of the molecule is CC(C)CN1C(=O)NC(=O)C12CCN(c1ncnc3nc[nH]c13)CC2. The first-order valence-electron chi connectivity index (χ1n) is 8.53. The van der Waals surface area contributed by atoms with Crippen molar-refractivity contribution < 1.29 is 9.59 Å². The van der Waals surface area contributed by atoms with Gasteiger partial charge in [-0.3, -0.25) is 10.1 Å². The van der Waals surface area contributed by atoms with Gasteiger partial charge < -0.3 is 14.8 Å². The highest BCUT2D eigenvalue weighted by molar-refractivity contribution is 6.07. The first kappa shape index (κ1) is 15.8. The summed E-state index contributed by atoms with van der Waals surface area (Å²) >= 11 is 0. The molecule has 2 aromatic heterocycles. The van der Waals surface area contributed by atoms with Crippen molar-refractivity contribution in [3.05, 3.63) is 12.7 Å². The van der Waals surface area contributed by atoms with E-state index in [1.165, 1.54) is 6.33 Å². The summed E-state index contributed by atoms with van der Waals surface area (Å²) < 4.78 is 0. The van der Waals surface area contributed by atoms with Crippen LogP contribution in [0.1, 0.15) is 26.7 Å². The van der Waals surface area contributed by atoms with Gasteiger partial charge in [-0.2, -0.15) is 0 Å². The molecule has 2 aliphatic heterocycles. The van der Waals surface area contributed by atoms with Crippen LogP contribution in [0.25, 0.3) is 11.2 Å². The van der Waals surface area contributed by atoms with Crippen LogP contribution in [-0.2, 0) is 4.79 Å². The first-order valence-corrected chi connectivity index (χ1v) is 8.53. The second-order valence-electron chi connectivity index (χ2n) is 7.08. The van der Waals surface area contributed by atoms with Crippen LogP contribution in [0.15, 0.2) is 12.7 Å². The minimum Gasteiger partial charge on any atom is -0.355 e. The summed E-state index contributed by atoms with van der Waals surface area (Å²) in [7, 11) is 0. The topological polar surface area (TPSA) is 107 Å². The number of imide groups is 1. The van der Waals surface area contributed by atoms with E-state index in [1.54, 1.807) is 11.2 Å². The number of nitrogens with one attached hydrogen (secondary N) is 2. The molecule has 3 amide bonds. The number of hydrogen-bond donors (Lipinski definition) is 2. The van der Waals surface area contributed by atoms with Crippen LogP contribution in [0.2, 0.25) is 0 Å². The van der Waals surface area contributed by atoms with E-state index < -0.39 is 5.54 Å². The smallest absolute Gasteiger partial charge is 0.325 e. The number of imidazole rings is 1. The highest BCUT2D eigenvalue weighted by Gasteiger charge is 2.54. The Hall–Kier alpha value is -2.71. The molecule has 0 aliphatic carbocycles. The number of rotatable bonds is 3. The fraction of sp³-hybridized carbons (Fsp3) is 0.562. The molecule has 0 saturated carbocycles. The van der Waals surface area contributed by atoms with Crippen LogP contribution in [0.5, 0.6) is 0 Å². The number of hydrogen-bond acceptors (Lipinski definition) is 6. The average Bonchev–Trinajstić information content (AvgIpc) is 3.15. The standard InChI is InChI=1S/C16H21N7O2/c1-10(2)7-23-15(25)21-14(24)16(23)3-5-22(6-4-16)13-11-12(18-8-17-11)19-9-20-13/h8-10H,3-7H2,1-2H3,(H,21,24,25)(H,17,18,19,20). The predicted octanol–water partition coefficient (Wildman–Crippen LogP) is 0.900. The molecule has 4 rings (SSSR count). The molecule has 2 saturated heterocycles. The van der Waals surface area contributed by atoms with Crippen molar-refractivity contribution in [3.8, 4) is 0 Å². The predicted molar refractivity (Wildman–Crippen MR) is 90.9 cm³/mol. The molecule has 2 aliphatic rings. The molecule has 0 radical (unpaired) electrons. The number of anilines is 1. The molecule has 0 aromatic carbocycles. The van der Waals surface area contributed by atoms with Crippen molar-refractivity contribution in [1.82, 2.24) is 30.2 Å². The number of nitrogens with zero attached hydrogens (tertiary/aromatic N) is 5. The molecule has 2 fully saturated rings. The molecule has 132 valence electrons. The molecule has 4 heterocycles. The summed E-state index contributed by atoms with van der Waals surface area (Å²) in [5.74, 6) is 0.919. The molecule has 2 aromatic rings. The quantitative estimate of drug-likeness (QED) is 0.802. The molecular weight excluding hydrogens is 322 g/mol. The van der Waals surface area contributed by atoms with Crippen molar-refractivity contribution in [2.24, 2.45) is 5.92 Å². The molecule has 0 unspecified atom stereocenters. The third kappa shape index (κ3) is 2.41. The van der Waals surface area contributed by atoms with E-state index in [0.29, 0.717) is 44.0 Å². The van der Waals surface area contributed by atoms with Gasteiger partial charge in [0, 0.05) is 19.6 Å². The maximum Gasteiger partial charge on any atom is 0.325 e. The Balaban J connectivity index is 1.59. The lowest BCUT2D eigenvalue weighted by Crippen LogP contribution is -2.57. The van der Waals surface area contributed by atoms with E-state index >= 15 is 0 Å². The van der Waals surface area contributed by atoms with Crippen LogP contribution in [-0.4, -0.2) is 61.9 Å². The van der Waals surface area contributed by atoms with Gasteiger partial charge in [0.2, 0.25) is 0 Å². The number of aromatic amines is 1. The summed E-state index contributed by atoms with van der Waals surface area (Å²) in [6.07, 6.45) is 4.26. The van der Waals surface area contributed by atoms with Crippen molar-refractivity contribution >= 4 is 28.9 Å². The Kier molecular flexibility index (Phi) is 3.59. The van der Waals surface area contributed by atoms with Gasteiger partial charge in [-0.15, -0.1) is 0 Å². The first-order chi connectivity index (χ1) is 12.0. The van der Waals surface area contributed by atoms with Gasteiger partial charge in [0.05, 0.1) is 6.33 Å². The van der Waals surface area contributed by atoms with Gasteiger partial charge in [0.15, 0.2) is 11.5 Å². The fourth-order valence-corrected chi connectivity index (χ4v) is 3.80. The zero-order valence-electron chi connectivity index (χ0n) is 14.3. The molecule has 9 nitrogen and oxygen atoms in total. The monoisotopic (exact) mass is 343 g/mol. The largest absolute Gasteiger partial charge is 0.355 e. The number of urea groups is 1. The van der Waals surface area contributed by atoms with E-state index in [1.807, 2.05) is 0 Å². The molecule has 0 bridgehead atoms. The summed E-state index contributed by atoms with van der Waals surface area (Å²) in [4.78, 5) is 44.4. The normalized spacial score (nSPS) is 20.1. The summed E-state index contributed by atoms with van der Waals surface area (Å²) in [5, 5.41) is 2.50. The molecule has 0 atom stereocenters. The van der Waals surface area contributed by atoms with Gasteiger partial charge in [-0.05, 0) is 18.8 Å². The van der Waals surface area contributed by atoms with Crippen LogP contribution in [0.3, 0.4) is 0 Å². The van der Waals surface area contributed by atoms with E-state index in [4.69, 9.17) is 0 Å². The Morgan fingerprint density at radius 2 is 1.96 bits per heavy atom. The number of carbonyl (C=O) groups excluding carboxylic acids is 2. The van der Waals surface area contributed by atoms with Crippen molar-refractivity contribution in [2.75, 3.05) is 24.5 Å². The van der Waals surface area contributed by atoms with E-state index in [9.17, 15) is 9.59 Å². The van der Waals surface area contributed by atoms with Gasteiger partial charge in [0.25, 0.3) is 5.91 Å². The molecular formula is C16H21N7O2. The Morgan fingerprint density at radius 1 is 1.20 bits per heavy atom. The van der Waals surface area contributed by atoms with Gasteiger partial charge in [-0.1, -0.05) is 13.8 Å². The third-order valence-electron chi connectivity index (χ3n) is 5.05. The lowest BCUT2D eigenvalue weighted by Gasteiger charge is -2.43. The average molecular weight is 343 g/mol. The third-order valence-corrected chi connectivity index (χ3v) is 5.05. The lowest BCUT2D eigenvalue weighted by atomic mass is 9.85. The molecule has 9 heteroatoms. The maximum absolute atomic E-state index is 12.5. The van der Waals surface area contributed by atoms with Crippen LogP contribution in [0, 0.1) is 5.92 Å². The molecule has 25 heavy (non-hydrogen) atoms. The zero-order valence-corrected chi connectivity index (χ0v) is 14.3. The highest BCUT2D eigenvalue weighted by Crippen LogP contribution is 2.35. The minimum atomic E-state index is -0.738. The summed E-state index contributed by atoms with van der Waals surface area (Å²) in [6.45, 7) is 5.96.